The van der Waals surface area contributed by atoms with Crippen LogP contribution in [0.2, 0.25) is 20.9 Å². The van der Waals surface area contributed by atoms with Crippen LogP contribution in [0, 0.1) is 0 Å². The number of fused-ring (bicyclic) bond motifs is 2. The molecule has 0 atom stereocenters. The van der Waals surface area contributed by atoms with E-state index in [0.29, 0.717) is 45.7 Å². The molecule has 4 heterocycles. The standard InChI is InChI=1S/C14H10Cl4N8/c15-9-7-11(23-13(17)21-9)19-5-25(7)3-1-2-4-26-6-20-12-8(26)10(16)22-14(18)24-12/h5-6H,1-4H2. The molecule has 4 aromatic rings. The Bertz CT molecular complexity index is 1020. The van der Waals surface area contributed by atoms with Gasteiger partial charge in [-0.15, -0.1) is 0 Å². The van der Waals surface area contributed by atoms with Crippen LogP contribution in [0.25, 0.3) is 22.3 Å². The van der Waals surface area contributed by atoms with Crippen molar-refractivity contribution in [1.29, 1.82) is 0 Å². The molecule has 0 saturated carbocycles. The molecule has 0 aromatic carbocycles. The number of imidazole rings is 2. The quantitative estimate of drug-likeness (QED) is 0.269. The van der Waals surface area contributed by atoms with Crippen molar-refractivity contribution in [2.24, 2.45) is 0 Å². The van der Waals surface area contributed by atoms with Crippen LogP contribution < -0.4 is 0 Å². The average molecular weight is 432 g/mol. The minimum atomic E-state index is 0.0823. The molecular weight excluding hydrogens is 422 g/mol. The molecule has 4 rings (SSSR count). The third-order valence-electron chi connectivity index (χ3n) is 3.85. The Kier molecular flexibility index (Phi) is 4.83. The molecule has 0 radical (unpaired) electrons. The minimum absolute atomic E-state index is 0.0823. The molecule has 0 bridgehead atoms. The van der Waals surface area contributed by atoms with Gasteiger partial charge in [-0.05, 0) is 36.0 Å². The Labute approximate surface area is 167 Å². The van der Waals surface area contributed by atoms with Crippen molar-refractivity contribution >= 4 is 68.7 Å². The number of aryl methyl sites for hydroxylation is 2. The lowest BCUT2D eigenvalue weighted by atomic mass is 10.3. The van der Waals surface area contributed by atoms with Gasteiger partial charge in [0.15, 0.2) is 21.6 Å². The second-order valence-electron chi connectivity index (χ2n) is 5.49. The van der Waals surface area contributed by atoms with E-state index in [1.54, 1.807) is 12.7 Å². The molecule has 0 spiro atoms. The molecule has 4 aromatic heterocycles. The van der Waals surface area contributed by atoms with E-state index in [-0.39, 0.29) is 10.6 Å². The van der Waals surface area contributed by atoms with E-state index in [4.69, 9.17) is 46.4 Å². The van der Waals surface area contributed by atoms with E-state index < -0.39 is 0 Å². The molecule has 0 fully saturated rings. The maximum Gasteiger partial charge on any atom is 0.225 e. The van der Waals surface area contributed by atoms with Crippen molar-refractivity contribution < 1.29 is 0 Å². The van der Waals surface area contributed by atoms with Gasteiger partial charge in [-0.2, -0.15) is 9.97 Å². The zero-order valence-electron chi connectivity index (χ0n) is 13.1. The van der Waals surface area contributed by atoms with Crippen LogP contribution in [0.3, 0.4) is 0 Å². The van der Waals surface area contributed by atoms with Crippen LogP contribution in [-0.2, 0) is 13.1 Å². The summed E-state index contributed by atoms with van der Waals surface area (Å²) in [6.45, 7) is 1.42. The molecule has 0 saturated heterocycles. The summed E-state index contributed by atoms with van der Waals surface area (Å²) in [5.41, 5.74) is 2.32. The fraction of sp³-hybridized carbons (Fsp3) is 0.286. The van der Waals surface area contributed by atoms with E-state index in [2.05, 4.69) is 29.9 Å². The highest BCUT2D eigenvalue weighted by atomic mass is 35.5. The number of hydrogen-bond acceptors (Lipinski definition) is 6. The van der Waals surface area contributed by atoms with Gasteiger partial charge in [0, 0.05) is 13.1 Å². The predicted octanol–water partition coefficient (Wildman–Crippen LogP) is 4.06. The van der Waals surface area contributed by atoms with Crippen molar-refractivity contribution in [3.8, 4) is 0 Å². The fourth-order valence-corrected chi connectivity index (χ4v) is 3.69. The van der Waals surface area contributed by atoms with Crippen LogP contribution in [0.5, 0.6) is 0 Å². The van der Waals surface area contributed by atoms with Crippen LogP contribution >= 0.6 is 46.4 Å². The Morgan fingerprint density at radius 2 is 1.08 bits per heavy atom. The molecule has 0 N–H and O–H groups in total. The maximum atomic E-state index is 6.15. The van der Waals surface area contributed by atoms with Gasteiger partial charge in [0.1, 0.15) is 11.0 Å². The van der Waals surface area contributed by atoms with Gasteiger partial charge >= 0.3 is 0 Å². The summed E-state index contributed by atoms with van der Waals surface area (Å²) in [7, 11) is 0. The Morgan fingerprint density at radius 3 is 1.50 bits per heavy atom. The van der Waals surface area contributed by atoms with Crippen LogP contribution in [0.15, 0.2) is 12.7 Å². The van der Waals surface area contributed by atoms with Gasteiger partial charge < -0.3 is 9.13 Å². The van der Waals surface area contributed by atoms with E-state index in [1.165, 1.54) is 0 Å². The van der Waals surface area contributed by atoms with Crippen molar-refractivity contribution in [2.45, 2.75) is 25.9 Å². The Balaban J connectivity index is 1.45. The zero-order chi connectivity index (χ0) is 18.3. The van der Waals surface area contributed by atoms with E-state index in [1.807, 2.05) is 9.13 Å². The highest BCUT2D eigenvalue weighted by molar-refractivity contribution is 6.35. The molecular formula is C14H10Cl4N8. The minimum Gasteiger partial charge on any atom is -0.327 e. The first-order chi connectivity index (χ1) is 12.5. The number of rotatable bonds is 5. The third-order valence-corrected chi connectivity index (χ3v) is 4.72. The van der Waals surface area contributed by atoms with Gasteiger partial charge in [-0.3, -0.25) is 0 Å². The molecule has 12 heteroatoms. The first-order valence-corrected chi connectivity index (χ1v) is 9.12. The number of hydrogen-bond donors (Lipinski definition) is 0. The maximum absolute atomic E-state index is 6.15. The normalized spacial score (nSPS) is 11.7. The summed E-state index contributed by atoms with van der Waals surface area (Å²) in [5, 5.41) is 0.746. The highest BCUT2D eigenvalue weighted by Crippen LogP contribution is 2.23. The lowest BCUT2D eigenvalue weighted by molar-refractivity contribution is 0.565. The first kappa shape index (κ1) is 17.7. The van der Waals surface area contributed by atoms with Crippen molar-refractivity contribution in [3.05, 3.63) is 33.5 Å². The zero-order valence-corrected chi connectivity index (χ0v) is 16.1. The summed E-state index contributed by atoms with van der Waals surface area (Å²) in [6.07, 6.45) is 5.11. The molecule has 0 aliphatic heterocycles. The molecule has 26 heavy (non-hydrogen) atoms. The lowest BCUT2D eigenvalue weighted by Gasteiger charge is -2.07. The topological polar surface area (TPSA) is 87.2 Å². The number of halogens is 4. The molecule has 134 valence electrons. The lowest BCUT2D eigenvalue weighted by Crippen LogP contribution is -2.02. The molecule has 0 aliphatic rings. The van der Waals surface area contributed by atoms with Gasteiger partial charge in [0.2, 0.25) is 10.6 Å². The predicted molar refractivity (Wildman–Crippen MR) is 99.9 cm³/mol. The fourth-order valence-electron chi connectivity index (χ4n) is 2.72. The molecule has 8 nitrogen and oxygen atoms in total. The summed E-state index contributed by atoms with van der Waals surface area (Å²) in [6, 6.07) is 0. The third kappa shape index (κ3) is 3.29. The van der Waals surface area contributed by atoms with Crippen molar-refractivity contribution in [3.63, 3.8) is 0 Å². The molecule has 0 amide bonds. The first-order valence-electron chi connectivity index (χ1n) is 7.60. The molecule has 0 aliphatic carbocycles. The van der Waals surface area contributed by atoms with E-state index in [0.717, 1.165) is 12.8 Å². The SMILES string of the molecule is Clc1nc(Cl)c2c(ncn2CCCCn2cnc3nc(Cl)nc(Cl)c32)n1. The number of aromatic nitrogens is 8. The average Bonchev–Trinajstić information content (AvgIpc) is 3.15. The second-order valence-corrected chi connectivity index (χ2v) is 6.89. The molecule has 0 unspecified atom stereocenters. The van der Waals surface area contributed by atoms with Gasteiger partial charge in [0.25, 0.3) is 0 Å². The summed E-state index contributed by atoms with van der Waals surface area (Å²) in [4.78, 5) is 24.5. The van der Waals surface area contributed by atoms with Crippen LogP contribution in [0.4, 0.5) is 0 Å². The summed E-state index contributed by atoms with van der Waals surface area (Å²) < 4.78 is 3.83. The van der Waals surface area contributed by atoms with E-state index in [9.17, 15) is 0 Å². The largest absolute Gasteiger partial charge is 0.327 e. The monoisotopic (exact) mass is 430 g/mol. The van der Waals surface area contributed by atoms with Crippen LogP contribution in [-0.4, -0.2) is 39.0 Å². The summed E-state index contributed by atoms with van der Waals surface area (Å²) >= 11 is 23.9. The number of unbranched alkanes of at least 4 members (excludes halogenated alkanes) is 1. The smallest absolute Gasteiger partial charge is 0.225 e. The van der Waals surface area contributed by atoms with E-state index >= 15 is 0 Å². The second kappa shape index (κ2) is 7.11. The Morgan fingerprint density at radius 1 is 0.654 bits per heavy atom. The van der Waals surface area contributed by atoms with Gasteiger partial charge in [-0.25, -0.2) is 19.9 Å². The van der Waals surface area contributed by atoms with Gasteiger partial charge in [0.05, 0.1) is 12.7 Å². The van der Waals surface area contributed by atoms with Crippen molar-refractivity contribution in [2.75, 3.05) is 0 Å². The Hall–Kier alpha value is -1.74. The summed E-state index contributed by atoms with van der Waals surface area (Å²) in [5.74, 6) is 0. The van der Waals surface area contributed by atoms with Gasteiger partial charge in [-0.1, -0.05) is 23.2 Å². The van der Waals surface area contributed by atoms with Crippen LogP contribution in [0.1, 0.15) is 12.8 Å². The van der Waals surface area contributed by atoms with Crippen molar-refractivity contribution in [1.82, 2.24) is 39.0 Å². The number of nitrogens with zero attached hydrogens (tertiary/aromatic N) is 8. The highest BCUT2D eigenvalue weighted by Gasteiger charge is 2.13.